The highest BCUT2D eigenvalue weighted by Crippen LogP contribution is 2.10. The van der Waals surface area contributed by atoms with E-state index in [0.717, 1.165) is 29.8 Å². The van der Waals surface area contributed by atoms with Gasteiger partial charge in [0.25, 0.3) is 0 Å². The molecule has 0 spiro atoms. The van der Waals surface area contributed by atoms with Gasteiger partial charge in [0.1, 0.15) is 12.4 Å². The highest BCUT2D eigenvalue weighted by Gasteiger charge is 1.97. The first-order chi connectivity index (χ1) is 8.22. The van der Waals surface area contributed by atoms with Crippen molar-refractivity contribution < 1.29 is 9.47 Å². The van der Waals surface area contributed by atoms with Crippen LogP contribution in [0.25, 0.3) is 0 Å². The van der Waals surface area contributed by atoms with E-state index >= 15 is 0 Å². The fraction of sp³-hybridized carbons (Fsp3) is 0.615. The monoisotopic (exact) mass is 301 g/mol. The Hall–Kier alpha value is -0.610. The third kappa shape index (κ3) is 6.64. The molecule has 17 heavy (non-hydrogen) atoms. The zero-order valence-electron chi connectivity index (χ0n) is 10.5. The van der Waals surface area contributed by atoms with Crippen LogP contribution in [0, 0.1) is 5.92 Å². The third-order valence-electron chi connectivity index (χ3n) is 2.27. The van der Waals surface area contributed by atoms with Crippen LogP contribution in [0.2, 0.25) is 0 Å². The molecule has 96 valence electrons. The zero-order chi connectivity index (χ0) is 12.5. The lowest BCUT2D eigenvalue weighted by molar-refractivity contribution is 0.0924. The van der Waals surface area contributed by atoms with E-state index in [9.17, 15) is 0 Å². The Kier molecular flexibility index (Phi) is 7.21. The minimum Gasteiger partial charge on any atom is -0.490 e. The number of ether oxygens (including phenoxy) is 2. The molecule has 1 heterocycles. The molecule has 0 saturated carbocycles. The van der Waals surface area contributed by atoms with Gasteiger partial charge in [0.2, 0.25) is 0 Å². The molecule has 0 aliphatic carbocycles. The van der Waals surface area contributed by atoms with Crippen molar-refractivity contribution in [2.24, 2.45) is 5.92 Å². The van der Waals surface area contributed by atoms with Gasteiger partial charge in [-0.3, -0.25) is 4.98 Å². The Morgan fingerprint density at radius 3 is 2.65 bits per heavy atom. The molecule has 0 N–H and O–H groups in total. The summed E-state index contributed by atoms with van der Waals surface area (Å²) in [5.74, 6) is 1.49. The van der Waals surface area contributed by atoms with Crippen LogP contribution in [0.4, 0.5) is 0 Å². The van der Waals surface area contributed by atoms with Crippen molar-refractivity contribution in [1.29, 1.82) is 0 Å². The van der Waals surface area contributed by atoms with Crippen LogP contribution in [-0.2, 0) is 10.1 Å². The SMILES string of the molecule is CC(C)CCOCCOc1ccc(CBr)nc1. The van der Waals surface area contributed by atoms with E-state index in [1.165, 1.54) is 0 Å². The average molecular weight is 302 g/mol. The Bertz CT molecular complexity index is 301. The fourth-order valence-corrected chi connectivity index (χ4v) is 1.55. The number of halogens is 1. The van der Waals surface area contributed by atoms with Crippen molar-refractivity contribution in [2.45, 2.75) is 25.6 Å². The summed E-state index contributed by atoms with van der Waals surface area (Å²) in [6.45, 7) is 6.40. The molecule has 0 aromatic carbocycles. The first kappa shape index (κ1) is 14.5. The molecule has 1 aromatic rings. The molecule has 0 atom stereocenters. The topological polar surface area (TPSA) is 31.4 Å². The van der Waals surface area contributed by atoms with Crippen LogP contribution in [-0.4, -0.2) is 24.8 Å². The molecular formula is C13H20BrNO2. The average Bonchev–Trinajstić information content (AvgIpc) is 2.34. The molecule has 0 radical (unpaired) electrons. The van der Waals surface area contributed by atoms with Gasteiger partial charge in [-0.2, -0.15) is 0 Å². The van der Waals surface area contributed by atoms with E-state index in [2.05, 4.69) is 34.8 Å². The van der Waals surface area contributed by atoms with Crippen LogP contribution < -0.4 is 4.74 Å². The van der Waals surface area contributed by atoms with Crippen molar-refractivity contribution >= 4 is 15.9 Å². The van der Waals surface area contributed by atoms with Gasteiger partial charge in [-0.25, -0.2) is 0 Å². The number of aromatic nitrogens is 1. The van der Waals surface area contributed by atoms with Gasteiger partial charge >= 0.3 is 0 Å². The minimum absolute atomic E-state index is 0.577. The van der Waals surface area contributed by atoms with Crippen LogP contribution in [0.5, 0.6) is 5.75 Å². The predicted molar refractivity (Wildman–Crippen MR) is 72.6 cm³/mol. The number of hydrogen-bond donors (Lipinski definition) is 0. The largest absolute Gasteiger partial charge is 0.490 e. The summed E-state index contributed by atoms with van der Waals surface area (Å²) in [6.07, 6.45) is 2.84. The summed E-state index contributed by atoms with van der Waals surface area (Å²) in [7, 11) is 0. The Morgan fingerprint density at radius 2 is 2.06 bits per heavy atom. The molecule has 0 unspecified atom stereocenters. The molecule has 0 aliphatic rings. The van der Waals surface area contributed by atoms with Gasteiger partial charge < -0.3 is 9.47 Å². The number of hydrogen-bond acceptors (Lipinski definition) is 3. The molecule has 3 nitrogen and oxygen atoms in total. The summed E-state index contributed by atoms with van der Waals surface area (Å²) >= 11 is 3.35. The van der Waals surface area contributed by atoms with Gasteiger partial charge in [-0.15, -0.1) is 0 Å². The first-order valence-corrected chi connectivity index (χ1v) is 7.06. The maximum atomic E-state index is 5.51. The van der Waals surface area contributed by atoms with E-state index in [-0.39, 0.29) is 0 Å². The Labute approximate surface area is 112 Å². The first-order valence-electron chi connectivity index (χ1n) is 5.94. The summed E-state index contributed by atoms with van der Waals surface area (Å²) in [4.78, 5) is 4.22. The Morgan fingerprint density at radius 1 is 1.24 bits per heavy atom. The smallest absolute Gasteiger partial charge is 0.137 e. The molecular weight excluding hydrogens is 282 g/mol. The van der Waals surface area contributed by atoms with E-state index in [0.29, 0.717) is 19.1 Å². The van der Waals surface area contributed by atoms with Crippen LogP contribution in [0.15, 0.2) is 18.3 Å². The van der Waals surface area contributed by atoms with Crippen LogP contribution in [0.3, 0.4) is 0 Å². The molecule has 0 aliphatic heterocycles. The lowest BCUT2D eigenvalue weighted by atomic mass is 10.1. The maximum absolute atomic E-state index is 5.51. The molecule has 0 amide bonds. The van der Waals surface area contributed by atoms with Crippen LogP contribution in [0.1, 0.15) is 26.0 Å². The second-order valence-corrected chi connectivity index (χ2v) is 4.82. The maximum Gasteiger partial charge on any atom is 0.137 e. The molecule has 4 heteroatoms. The van der Waals surface area contributed by atoms with Gasteiger partial charge in [0.15, 0.2) is 0 Å². The van der Waals surface area contributed by atoms with Crippen molar-refractivity contribution in [2.75, 3.05) is 19.8 Å². The second kappa shape index (κ2) is 8.48. The molecule has 1 aromatic heterocycles. The molecule has 0 saturated heterocycles. The standard InChI is InChI=1S/C13H20BrNO2/c1-11(2)5-6-16-7-8-17-13-4-3-12(9-14)15-10-13/h3-4,10-11H,5-9H2,1-2H3. The number of rotatable bonds is 8. The minimum atomic E-state index is 0.577. The van der Waals surface area contributed by atoms with Gasteiger partial charge in [0, 0.05) is 11.9 Å². The predicted octanol–water partition coefficient (Wildman–Crippen LogP) is 3.42. The quantitative estimate of drug-likeness (QED) is 0.544. The van der Waals surface area contributed by atoms with Crippen molar-refractivity contribution in [3.63, 3.8) is 0 Å². The lowest BCUT2D eigenvalue weighted by Crippen LogP contribution is -2.08. The summed E-state index contributed by atoms with van der Waals surface area (Å²) in [5.41, 5.74) is 1.01. The highest BCUT2D eigenvalue weighted by molar-refractivity contribution is 9.08. The molecule has 0 fully saturated rings. The molecule has 0 bridgehead atoms. The zero-order valence-corrected chi connectivity index (χ0v) is 12.1. The highest BCUT2D eigenvalue weighted by atomic mass is 79.9. The number of nitrogens with zero attached hydrogens (tertiary/aromatic N) is 1. The lowest BCUT2D eigenvalue weighted by Gasteiger charge is -2.08. The summed E-state index contributed by atoms with van der Waals surface area (Å²) < 4.78 is 11.0. The number of pyridine rings is 1. The molecule has 1 rings (SSSR count). The fourth-order valence-electron chi connectivity index (χ4n) is 1.21. The normalized spacial score (nSPS) is 10.8. The van der Waals surface area contributed by atoms with E-state index in [4.69, 9.17) is 9.47 Å². The van der Waals surface area contributed by atoms with Crippen molar-refractivity contribution in [3.05, 3.63) is 24.0 Å². The van der Waals surface area contributed by atoms with Crippen molar-refractivity contribution in [1.82, 2.24) is 4.98 Å². The van der Waals surface area contributed by atoms with Crippen molar-refractivity contribution in [3.8, 4) is 5.75 Å². The van der Waals surface area contributed by atoms with Gasteiger partial charge in [-0.1, -0.05) is 29.8 Å². The third-order valence-corrected chi connectivity index (χ3v) is 2.84. The van der Waals surface area contributed by atoms with Crippen LogP contribution >= 0.6 is 15.9 Å². The van der Waals surface area contributed by atoms with E-state index in [1.807, 2.05) is 12.1 Å². The summed E-state index contributed by atoms with van der Waals surface area (Å²) in [6, 6.07) is 3.88. The van der Waals surface area contributed by atoms with Gasteiger partial charge in [-0.05, 0) is 24.5 Å². The second-order valence-electron chi connectivity index (χ2n) is 4.26. The summed E-state index contributed by atoms with van der Waals surface area (Å²) in [5, 5.41) is 0.769. The van der Waals surface area contributed by atoms with E-state index in [1.54, 1.807) is 6.20 Å². The van der Waals surface area contributed by atoms with E-state index < -0.39 is 0 Å². The Balaban J connectivity index is 2.09. The van der Waals surface area contributed by atoms with Gasteiger partial charge in [0.05, 0.1) is 18.5 Å². The number of alkyl halides is 1.